The standard InChI is InChI=1S/C12H17BrClNO4S/c1-18-7-8-19-6-2-5-15-20(16,17)12-4-3-10(13)9-11(12)14/h3-4,9,15H,2,5-8H2,1H3. The predicted molar refractivity (Wildman–Crippen MR) is 81.7 cm³/mol. The van der Waals surface area contributed by atoms with Gasteiger partial charge in [-0.3, -0.25) is 0 Å². The summed E-state index contributed by atoms with van der Waals surface area (Å²) < 4.78 is 37.3. The number of rotatable bonds is 9. The summed E-state index contributed by atoms with van der Waals surface area (Å²) in [6, 6.07) is 4.64. The van der Waals surface area contributed by atoms with Gasteiger partial charge in [-0.1, -0.05) is 27.5 Å². The molecule has 0 unspecified atom stereocenters. The fourth-order valence-corrected chi connectivity index (χ4v) is 3.51. The summed E-state index contributed by atoms with van der Waals surface area (Å²) in [6.45, 7) is 1.80. The van der Waals surface area contributed by atoms with Gasteiger partial charge in [0.2, 0.25) is 10.0 Å². The van der Waals surface area contributed by atoms with Crippen molar-refractivity contribution in [3.8, 4) is 0 Å². The zero-order valence-electron chi connectivity index (χ0n) is 11.1. The van der Waals surface area contributed by atoms with Crippen molar-refractivity contribution < 1.29 is 17.9 Å². The highest BCUT2D eigenvalue weighted by Crippen LogP contribution is 2.24. The van der Waals surface area contributed by atoms with Gasteiger partial charge < -0.3 is 9.47 Å². The number of hydrogen-bond acceptors (Lipinski definition) is 4. The van der Waals surface area contributed by atoms with Crippen LogP contribution in [0.1, 0.15) is 6.42 Å². The predicted octanol–water partition coefficient (Wildman–Crippen LogP) is 2.43. The van der Waals surface area contributed by atoms with Crippen molar-refractivity contribution in [2.45, 2.75) is 11.3 Å². The highest BCUT2D eigenvalue weighted by Gasteiger charge is 2.17. The zero-order chi connectivity index (χ0) is 15.0. The second-order valence-electron chi connectivity index (χ2n) is 3.93. The van der Waals surface area contributed by atoms with Gasteiger partial charge in [0.25, 0.3) is 0 Å². The molecule has 114 valence electrons. The van der Waals surface area contributed by atoms with Crippen LogP contribution in [0, 0.1) is 0 Å². The highest BCUT2D eigenvalue weighted by atomic mass is 79.9. The van der Waals surface area contributed by atoms with Crippen LogP contribution in [-0.2, 0) is 19.5 Å². The van der Waals surface area contributed by atoms with E-state index in [0.717, 1.165) is 4.47 Å². The van der Waals surface area contributed by atoms with E-state index < -0.39 is 10.0 Å². The number of ether oxygens (including phenoxy) is 2. The number of methoxy groups -OCH3 is 1. The Kier molecular flexibility index (Phi) is 8.01. The second-order valence-corrected chi connectivity index (χ2v) is 6.99. The lowest BCUT2D eigenvalue weighted by atomic mass is 10.4. The topological polar surface area (TPSA) is 64.6 Å². The van der Waals surface area contributed by atoms with E-state index in [0.29, 0.717) is 32.8 Å². The van der Waals surface area contributed by atoms with Gasteiger partial charge in [0, 0.05) is 24.7 Å². The van der Waals surface area contributed by atoms with E-state index in [1.54, 1.807) is 19.2 Å². The third-order valence-electron chi connectivity index (χ3n) is 2.37. The number of sulfonamides is 1. The molecule has 0 atom stereocenters. The summed E-state index contributed by atoms with van der Waals surface area (Å²) in [4.78, 5) is 0.0719. The molecule has 0 saturated carbocycles. The molecule has 0 aliphatic rings. The minimum absolute atomic E-state index is 0.0719. The van der Waals surface area contributed by atoms with Gasteiger partial charge >= 0.3 is 0 Å². The van der Waals surface area contributed by atoms with Crippen LogP contribution in [0.4, 0.5) is 0 Å². The molecule has 20 heavy (non-hydrogen) atoms. The van der Waals surface area contributed by atoms with Crippen molar-refractivity contribution >= 4 is 37.6 Å². The summed E-state index contributed by atoms with van der Waals surface area (Å²) in [5.74, 6) is 0. The largest absolute Gasteiger partial charge is 0.382 e. The Hall–Kier alpha value is -0.180. The van der Waals surface area contributed by atoms with Crippen LogP contribution < -0.4 is 4.72 Å². The molecule has 0 amide bonds. The molecule has 1 N–H and O–H groups in total. The Labute approximate surface area is 132 Å². The summed E-state index contributed by atoms with van der Waals surface area (Å²) in [7, 11) is -1.99. The van der Waals surface area contributed by atoms with Gasteiger partial charge in [0.1, 0.15) is 4.90 Å². The summed E-state index contributed by atoms with van der Waals surface area (Å²) in [5, 5.41) is 0.184. The minimum atomic E-state index is -3.59. The van der Waals surface area contributed by atoms with Crippen LogP contribution in [0.2, 0.25) is 5.02 Å². The summed E-state index contributed by atoms with van der Waals surface area (Å²) in [5.41, 5.74) is 0. The van der Waals surface area contributed by atoms with E-state index in [-0.39, 0.29) is 9.92 Å². The quantitative estimate of drug-likeness (QED) is 0.662. The van der Waals surface area contributed by atoms with Gasteiger partial charge in [-0.15, -0.1) is 0 Å². The summed E-state index contributed by atoms with van der Waals surface area (Å²) in [6.07, 6.45) is 0.580. The monoisotopic (exact) mass is 385 g/mol. The van der Waals surface area contributed by atoms with E-state index >= 15 is 0 Å². The highest BCUT2D eigenvalue weighted by molar-refractivity contribution is 9.10. The molecule has 0 fully saturated rings. The van der Waals surface area contributed by atoms with E-state index in [1.165, 1.54) is 6.07 Å². The lowest BCUT2D eigenvalue weighted by molar-refractivity contribution is 0.0699. The normalized spacial score (nSPS) is 11.8. The fraction of sp³-hybridized carbons (Fsp3) is 0.500. The van der Waals surface area contributed by atoms with Crippen molar-refractivity contribution in [1.82, 2.24) is 4.72 Å². The maximum absolute atomic E-state index is 12.0. The van der Waals surface area contributed by atoms with Gasteiger partial charge in [-0.05, 0) is 24.6 Å². The van der Waals surface area contributed by atoms with Gasteiger partial charge in [-0.2, -0.15) is 0 Å². The van der Waals surface area contributed by atoms with Crippen LogP contribution in [0.5, 0.6) is 0 Å². The first kappa shape index (κ1) is 17.9. The van der Waals surface area contributed by atoms with E-state index in [9.17, 15) is 8.42 Å². The van der Waals surface area contributed by atoms with Gasteiger partial charge in [-0.25, -0.2) is 13.1 Å². The molecule has 0 saturated heterocycles. The number of hydrogen-bond donors (Lipinski definition) is 1. The van der Waals surface area contributed by atoms with E-state index in [4.69, 9.17) is 21.1 Å². The Bertz CT molecular complexity index is 524. The Morgan fingerprint density at radius 1 is 1.30 bits per heavy atom. The molecule has 0 heterocycles. The molecule has 0 aromatic heterocycles. The molecule has 0 aliphatic heterocycles. The first-order valence-electron chi connectivity index (χ1n) is 5.99. The molecule has 0 aliphatic carbocycles. The molecule has 1 rings (SSSR count). The molecule has 0 radical (unpaired) electrons. The van der Waals surface area contributed by atoms with E-state index in [2.05, 4.69) is 20.7 Å². The van der Waals surface area contributed by atoms with Crippen molar-refractivity contribution in [2.24, 2.45) is 0 Å². The maximum Gasteiger partial charge on any atom is 0.242 e. The van der Waals surface area contributed by atoms with Gasteiger partial charge in [0.15, 0.2) is 0 Å². The SMILES string of the molecule is COCCOCCCNS(=O)(=O)c1ccc(Br)cc1Cl. The molecular formula is C12H17BrClNO4S. The fourth-order valence-electron chi connectivity index (χ4n) is 1.40. The number of nitrogens with one attached hydrogen (secondary N) is 1. The van der Waals surface area contributed by atoms with E-state index in [1.807, 2.05) is 0 Å². The third kappa shape index (κ3) is 6.07. The van der Waals surface area contributed by atoms with Crippen molar-refractivity contribution in [1.29, 1.82) is 0 Å². The van der Waals surface area contributed by atoms with Crippen LogP contribution in [0.3, 0.4) is 0 Å². The average molecular weight is 387 g/mol. The lowest BCUT2D eigenvalue weighted by Gasteiger charge is -2.09. The third-order valence-corrected chi connectivity index (χ3v) is 4.81. The van der Waals surface area contributed by atoms with Crippen molar-refractivity contribution in [3.05, 3.63) is 27.7 Å². The Balaban J connectivity index is 2.42. The lowest BCUT2D eigenvalue weighted by Crippen LogP contribution is -2.26. The van der Waals surface area contributed by atoms with Crippen molar-refractivity contribution in [2.75, 3.05) is 33.5 Å². The molecule has 5 nitrogen and oxygen atoms in total. The smallest absolute Gasteiger partial charge is 0.242 e. The number of benzene rings is 1. The van der Waals surface area contributed by atoms with Crippen LogP contribution >= 0.6 is 27.5 Å². The summed E-state index contributed by atoms with van der Waals surface area (Å²) >= 11 is 9.15. The van der Waals surface area contributed by atoms with Gasteiger partial charge in [0.05, 0.1) is 18.2 Å². The molecule has 8 heteroatoms. The molecule has 0 spiro atoms. The molecular weight excluding hydrogens is 370 g/mol. The maximum atomic E-state index is 12.0. The second kappa shape index (κ2) is 8.96. The molecule has 1 aromatic carbocycles. The van der Waals surface area contributed by atoms with Crippen LogP contribution in [-0.4, -0.2) is 41.9 Å². The van der Waals surface area contributed by atoms with Crippen molar-refractivity contribution in [3.63, 3.8) is 0 Å². The Morgan fingerprint density at radius 2 is 2.05 bits per heavy atom. The minimum Gasteiger partial charge on any atom is -0.382 e. The average Bonchev–Trinajstić information content (AvgIpc) is 2.37. The molecule has 0 bridgehead atoms. The Morgan fingerprint density at radius 3 is 2.70 bits per heavy atom. The number of halogens is 2. The zero-order valence-corrected chi connectivity index (χ0v) is 14.2. The van der Waals surface area contributed by atoms with Crippen LogP contribution in [0.25, 0.3) is 0 Å². The first-order valence-corrected chi connectivity index (χ1v) is 8.64. The first-order chi connectivity index (χ1) is 9.47. The van der Waals surface area contributed by atoms with Crippen LogP contribution in [0.15, 0.2) is 27.6 Å². The molecule has 1 aromatic rings.